The first-order valence-corrected chi connectivity index (χ1v) is 7.85. The first-order valence-electron chi connectivity index (χ1n) is 6.24. The van der Waals surface area contributed by atoms with Crippen LogP contribution in [0, 0.1) is 0 Å². The van der Waals surface area contributed by atoms with E-state index in [1.165, 1.54) is 9.21 Å². The molecule has 1 fully saturated rings. The summed E-state index contributed by atoms with van der Waals surface area (Å²) in [5, 5.41) is 0. The van der Waals surface area contributed by atoms with E-state index in [1.807, 2.05) is 0 Å². The van der Waals surface area contributed by atoms with Crippen molar-refractivity contribution in [1.29, 1.82) is 0 Å². The Bertz CT molecular complexity index is 581. The van der Waals surface area contributed by atoms with Crippen molar-refractivity contribution in [3.63, 3.8) is 0 Å². The molecule has 1 aromatic rings. The molecule has 19 heavy (non-hydrogen) atoms. The van der Waals surface area contributed by atoms with Crippen molar-refractivity contribution in [2.45, 2.75) is 12.8 Å². The van der Waals surface area contributed by atoms with Gasteiger partial charge in [-0.2, -0.15) is 0 Å². The summed E-state index contributed by atoms with van der Waals surface area (Å²) >= 11 is 0. The summed E-state index contributed by atoms with van der Waals surface area (Å²) in [7, 11) is 0.116. The standard InChI is InChI=1S/C13H18N2O3S/c1-14(2)13(16)11-6-5-7-12(10-11)15-8-3-4-9-19(15,17)18/h5-7,10H,3-4,8-9H2,1-2H3. The molecule has 1 aliphatic rings. The summed E-state index contributed by atoms with van der Waals surface area (Å²) in [5.41, 5.74) is 1.08. The molecule has 0 spiro atoms. The summed E-state index contributed by atoms with van der Waals surface area (Å²) in [6.07, 6.45) is 1.56. The number of sulfonamides is 1. The lowest BCUT2D eigenvalue weighted by molar-refractivity contribution is 0.0827. The van der Waals surface area contributed by atoms with E-state index in [4.69, 9.17) is 0 Å². The van der Waals surface area contributed by atoms with Crippen LogP contribution in [0.2, 0.25) is 0 Å². The molecule has 6 heteroatoms. The topological polar surface area (TPSA) is 57.7 Å². The molecule has 0 saturated carbocycles. The van der Waals surface area contributed by atoms with Gasteiger partial charge in [0.25, 0.3) is 5.91 Å². The van der Waals surface area contributed by atoms with Gasteiger partial charge in [-0.05, 0) is 31.0 Å². The van der Waals surface area contributed by atoms with Gasteiger partial charge < -0.3 is 4.90 Å². The number of carbonyl (C=O) groups excluding carboxylic acids is 1. The maximum Gasteiger partial charge on any atom is 0.253 e. The average molecular weight is 282 g/mol. The fourth-order valence-electron chi connectivity index (χ4n) is 2.13. The maximum atomic E-state index is 12.0. The van der Waals surface area contributed by atoms with E-state index in [2.05, 4.69) is 0 Å². The molecule has 0 radical (unpaired) electrons. The summed E-state index contributed by atoms with van der Waals surface area (Å²) < 4.78 is 25.5. The minimum absolute atomic E-state index is 0.128. The third kappa shape index (κ3) is 2.89. The largest absolute Gasteiger partial charge is 0.345 e. The van der Waals surface area contributed by atoms with Gasteiger partial charge in [0.15, 0.2) is 0 Å². The van der Waals surface area contributed by atoms with Gasteiger partial charge in [0.1, 0.15) is 0 Å². The van der Waals surface area contributed by atoms with Crippen LogP contribution < -0.4 is 4.31 Å². The molecule has 0 N–H and O–H groups in total. The molecular weight excluding hydrogens is 264 g/mol. The van der Waals surface area contributed by atoms with Gasteiger partial charge in [0, 0.05) is 26.2 Å². The molecule has 0 aliphatic carbocycles. The fourth-order valence-corrected chi connectivity index (χ4v) is 3.76. The second kappa shape index (κ2) is 5.21. The molecular formula is C13H18N2O3S. The van der Waals surface area contributed by atoms with Crippen LogP contribution in [0.4, 0.5) is 5.69 Å². The normalized spacial score (nSPS) is 18.1. The number of anilines is 1. The van der Waals surface area contributed by atoms with E-state index in [0.29, 0.717) is 24.2 Å². The molecule has 104 valence electrons. The van der Waals surface area contributed by atoms with E-state index < -0.39 is 10.0 Å². The molecule has 1 aliphatic heterocycles. The highest BCUT2D eigenvalue weighted by atomic mass is 32.2. The Labute approximate surface area is 113 Å². The van der Waals surface area contributed by atoms with E-state index in [0.717, 1.165) is 6.42 Å². The summed E-state index contributed by atoms with van der Waals surface area (Å²) in [6, 6.07) is 6.79. The van der Waals surface area contributed by atoms with Crippen molar-refractivity contribution in [2.75, 3.05) is 30.7 Å². The molecule has 0 aromatic heterocycles. The Hall–Kier alpha value is -1.56. The summed E-state index contributed by atoms with van der Waals surface area (Å²) in [6.45, 7) is 0.488. The smallest absolute Gasteiger partial charge is 0.253 e. The van der Waals surface area contributed by atoms with Gasteiger partial charge in [-0.25, -0.2) is 8.42 Å². The van der Waals surface area contributed by atoms with Gasteiger partial charge >= 0.3 is 0 Å². The predicted octanol–water partition coefficient (Wildman–Crippen LogP) is 1.32. The lowest BCUT2D eigenvalue weighted by Crippen LogP contribution is -2.38. The van der Waals surface area contributed by atoms with Crippen molar-refractivity contribution < 1.29 is 13.2 Å². The SMILES string of the molecule is CN(C)C(=O)c1cccc(N2CCCCS2(=O)=O)c1. The van der Waals surface area contributed by atoms with Crippen LogP contribution >= 0.6 is 0 Å². The Balaban J connectivity index is 2.36. The van der Waals surface area contributed by atoms with Crippen LogP contribution in [0.25, 0.3) is 0 Å². The van der Waals surface area contributed by atoms with Crippen LogP contribution in [0.15, 0.2) is 24.3 Å². The van der Waals surface area contributed by atoms with Gasteiger partial charge in [0.2, 0.25) is 10.0 Å². The zero-order valence-corrected chi connectivity index (χ0v) is 12.0. The van der Waals surface area contributed by atoms with Crippen molar-refractivity contribution in [3.8, 4) is 0 Å². The lowest BCUT2D eigenvalue weighted by atomic mass is 10.1. The molecule has 1 amide bonds. The third-order valence-electron chi connectivity index (χ3n) is 3.14. The molecule has 0 atom stereocenters. The van der Waals surface area contributed by atoms with E-state index >= 15 is 0 Å². The number of benzene rings is 1. The Morgan fingerprint density at radius 1 is 1.26 bits per heavy atom. The minimum atomic E-state index is -3.23. The summed E-state index contributed by atoms with van der Waals surface area (Å²) in [5.74, 6) is 0.0510. The Morgan fingerprint density at radius 2 is 2.00 bits per heavy atom. The number of carbonyl (C=O) groups is 1. The van der Waals surface area contributed by atoms with Crippen LogP contribution in [0.3, 0.4) is 0 Å². The van der Waals surface area contributed by atoms with Crippen LogP contribution in [0.5, 0.6) is 0 Å². The molecule has 0 bridgehead atoms. The second-order valence-electron chi connectivity index (χ2n) is 4.85. The average Bonchev–Trinajstić information content (AvgIpc) is 2.37. The highest BCUT2D eigenvalue weighted by Crippen LogP contribution is 2.24. The number of hydrogen-bond acceptors (Lipinski definition) is 3. The van der Waals surface area contributed by atoms with E-state index in [-0.39, 0.29) is 11.7 Å². The summed E-state index contributed by atoms with van der Waals surface area (Å²) in [4.78, 5) is 13.4. The minimum Gasteiger partial charge on any atom is -0.345 e. The lowest BCUT2D eigenvalue weighted by Gasteiger charge is -2.28. The van der Waals surface area contributed by atoms with Crippen LogP contribution in [-0.2, 0) is 10.0 Å². The van der Waals surface area contributed by atoms with E-state index in [9.17, 15) is 13.2 Å². The number of nitrogens with zero attached hydrogens (tertiary/aromatic N) is 2. The Morgan fingerprint density at radius 3 is 2.63 bits per heavy atom. The van der Waals surface area contributed by atoms with Crippen molar-refractivity contribution in [2.24, 2.45) is 0 Å². The number of hydrogen-bond donors (Lipinski definition) is 0. The molecule has 5 nitrogen and oxygen atoms in total. The molecule has 1 aromatic carbocycles. The van der Waals surface area contributed by atoms with Gasteiger partial charge in [-0.15, -0.1) is 0 Å². The van der Waals surface area contributed by atoms with Gasteiger partial charge in [-0.3, -0.25) is 9.10 Å². The zero-order chi connectivity index (χ0) is 14.0. The zero-order valence-electron chi connectivity index (χ0n) is 11.2. The maximum absolute atomic E-state index is 12.0. The molecule has 1 saturated heterocycles. The highest BCUT2D eigenvalue weighted by Gasteiger charge is 2.26. The van der Waals surface area contributed by atoms with Crippen molar-refractivity contribution >= 4 is 21.6 Å². The number of amides is 1. The molecule has 2 rings (SSSR count). The Kier molecular flexibility index (Phi) is 3.80. The molecule has 1 heterocycles. The first-order chi connectivity index (χ1) is 8.92. The van der Waals surface area contributed by atoms with Crippen LogP contribution in [-0.4, -0.2) is 45.6 Å². The van der Waals surface area contributed by atoms with Crippen LogP contribution in [0.1, 0.15) is 23.2 Å². The quantitative estimate of drug-likeness (QED) is 0.822. The highest BCUT2D eigenvalue weighted by molar-refractivity contribution is 7.92. The monoisotopic (exact) mass is 282 g/mol. The van der Waals surface area contributed by atoms with Crippen molar-refractivity contribution in [3.05, 3.63) is 29.8 Å². The fraction of sp³-hybridized carbons (Fsp3) is 0.462. The number of rotatable bonds is 2. The van der Waals surface area contributed by atoms with Gasteiger partial charge in [0.05, 0.1) is 11.4 Å². The second-order valence-corrected chi connectivity index (χ2v) is 6.86. The van der Waals surface area contributed by atoms with Crippen molar-refractivity contribution in [1.82, 2.24) is 4.90 Å². The van der Waals surface area contributed by atoms with E-state index in [1.54, 1.807) is 38.4 Å². The third-order valence-corrected chi connectivity index (χ3v) is 5.01. The first kappa shape index (κ1) is 13.9. The molecule has 0 unspecified atom stereocenters. The predicted molar refractivity (Wildman–Crippen MR) is 74.8 cm³/mol. The van der Waals surface area contributed by atoms with Gasteiger partial charge in [-0.1, -0.05) is 6.07 Å².